The minimum Gasteiger partial charge on any atom is -0.328 e. The van der Waals surface area contributed by atoms with E-state index in [0.29, 0.717) is 0 Å². The fourth-order valence-corrected chi connectivity index (χ4v) is 2.63. The molecular weight excluding hydrogens is 232 g/mol. The Labute approximate surface area is 113 Å². The van der Waals surface area contributed by atoms with Crippen LogP contribution in [0.5, 0.6) is 0 Å². The lowest BCUT2D eigenvalue weighted by atomic mass is 9.96. The first-order valence-electron chi connectivity index (χ1n) is 6.69. The Morgan fingerprint density at radius 2 is 1.79 bits per heavy atom. The van der Waals surface area contributed by atoms with Crippen LogP contribution in [-0.4, -0.2) is 11.0 Å². The molecule has 1 atom stereocenters. The van der Waals surface area contributed by atoms with Crippen molar-refractivity contribution in [2.75, 3.05) is 0 Å². The van der Waals surface area contributed by atoms with Gasteiger partial charge in [0, 0.05) is 16.8 Å². The minimum absolute atomic E-state index is 0.148. The molecule has 3 aromatic rings. The second-order valence-electron chi connectivity index (χ2n) is 5.31. The molecule has 0 spiro atoms. The Balaban J connectivity index is 2.42. The van der Waals surface area contributed by atoms with Gasteiger partial charge in [0.05, 0.1) is 11.0 Å². The number of para-hydroxylation sites is 1. The van der Waals surface area contributed by atoms with Gasteiger partial charge in [-0.25, -0.2) is 4.98 Å². The summed E-state index contributed by atoms with van der Waals surface area (Å²) in [6.07, 6.45) is 0.878. The monoisotopic (exact) mass is 250 g/mol. The predicted molar refractivity (Wildman–Crippen MR) is 81.3 cm³/mol. The van der Waals surface area contributed by atoms with Crippen LogP contribution >= 0.6 is 0 Å². The van der Waals surface area contributed by atoms with Crippen molar-refractivity contribution < 1.29 is 0 Å². The maximum Gasteiger partial charge on any atom is 0.0712 e. The number of aryl methyl sites for hydroxylation is 1. The average Bonchev–Trinajstić information content (AvgIpc) is 2.39. The Hall–Kier alpha value is -1.93. The van der Waals surface area contributed by atoms with Gasteiger partial charge in [0.25, 0.3) is 0 Å². The lowest BCUT2D eigenvalue weighted by molar-refractivity contribution is 0.745. The number of aromatic nitrogens is 1. The van der Waals surface area contributed by atoms with Gasteiger partial charge in [-0.05, 0) is 44.0 Å². The zero-order chi connectivity index (χ0) is 13.4. The summed E-state index contributed by atoms with van der Waals surface area (Å²) in [5.41, 5.74) is 10.7. The van der Waals surface area contributed by atoms with Crippen LogP contribution in [0.4, 0.5) is 0 Å². The van der Waals surface area contributed by atoms with Crippen molar-refractivity contribution in [3.05, 3.63) is 53.6 Å². The molecule has 0 aliphatic heterocycles. The van der Waals surface area contributed by atoms with Crippen LogP contribution in [0.25, 0.3) is 21.8 Å². The number of hydrogen-bond acceptors (Lipinski definition) is 2. The van der Waals surface area contributed by atoms with E-state index < -0.39 is 0 Å². The highest BCUT2D eigenvalue weighted by Crippen LogP contribution is 2.27. The first kappa shape index (κ1) is 12.1. The smallest absolute Gasteiger partial charge is 0.0712 e. The number of rotatable bonds is 2. The number of nitrogens with zero attached hydrogens (tertiary/aromatic N) is 1. The fourth-order valence-electron chi connectivity index (χ4n) is 2.63. The van der Waals surface area contributed by atoms with Crippen molar-refractivity contribution in [1.82, 2.24) is 4.98 Å². The minimum atomic E-state index is 0.148. The molecule has 3 rings (SSSR count). The van der Waals surface area contributed by atoms with Gasteiger partial charge in [-0.3, -0.25) is 0 Å². The summed E-state index contributed by atoms with van der Waals surface area (Å²) < 4.78 is 0. The van der Waals surface area contributed by atoms with Gasteiger partial charge in [-0.2, -0.15) is 0 Å². The van der Waals surface area contributed by atoms with E-state index in [1.165, 1.54) is 21.9 Å². The molecule has 0 amide bonds. The largest absolute Gasteiger partial charge is 0.328 e. The van der Waals surface area contributed by atoms with Gasteiger partial charge in [0.1, 0.15) is 0 Å². The van der Waals surface area contributed by atoms with Gasteiger partial charge in [0.15, 0.2) is 0 Å². The van der Waals surface area contributed by atoms with Gasteiger partial charge in [-0.1, -0.05) is 29.8 Å². The van der Waals surface area contributed by atoms with Gasteiger partial charge in [0.2, 0.25) is 0 Å². The third kappa shape index (κ3) is 2.20. The zero-order valence-corrected chi connectivity index (χ0v) is 11.4. The molecule has 2 N–H and O–H groups in total. The molecule has 0 fully saturated rings. The normalized spacial score (nSPS) is 13.0. The van der Waals surface area contributed by atoms with E-state index in [9.17, 15) is 0 Å². The van der Waals surface area contributed by atoms with E-state index in [0.717, 1.165) is 17.5 Å². The third-order valence-electron chi connectivity index (χ3n) is 3.47. The topological polar surface area (TPSA) is 38.9 Å². The summed E-state index contributed by atoms with van der Waals surface area (Å²) in [7, 11) is 0. The molecule has 19 heavy (non-hydrogen) atoms. The molecule has 0 aliphatic rings. The van der Waals surface area contributed by atoms with Crippen molar-refractivity contribution in [3.8, 4) is 0 Å². The summed E-state index contributed by atoms with van der Waals surface area (Å²) >= 11 is 0. The standard InChI is InChI=1S/C17H18N2/c1-11-7-8-17-15(9-11)14(10-12(2)18)13-5-3-4-6-16(13)19-17/h3-9,12H,10,18H2,1-2H3. The first-order chi connectivity index (χ1) is 9.15. The number of pyridine rings is 1. The number of benzene rings is 2. The van der Waals surface area contributed by atoms with Crippen molar-refractivity contribution in [3.63, 3.8) is 0 Å². The maximum absolute atomic E-state index is 6.02. The van der Waals surface area contributed by atoms with Gasteiger partial charge >= 0.3 is 0 Å². The molecule has 1 heterocycles. The second-order valence-corrected chi connectivity index (χ2v) is 5.31. The summed E-state index contributed by atoms with van der Waals surface area (Å²) in [5.74, 6) is 0. The molecule has 2 aromatic carbocycles. The van der Waals surface area contributed by atoms with Crippen LogP contribution in [0.1, 0.15) is 18.1 Å². The maximum atomic E-state index is 6.02. The molecule has 2 nitrogen and oxygen atoms in total. The lowest BCUT2D eigenvalue weighted by Gasteiger charge is -2.13. The molecule has 0 saturated carbocycles. The highest BCUT2D eigenvalue weighted by atomic mass is 14.7. The van der Waals surface area contributed by atoms with E-state index in [1.807, 2.05) is 6.07 Å². The molecule has 2 heteroatoms. The lowest BCUT2D eigenvalue weighted by Crippen LogP contribution is -2.18. The number of fused-ring (bicyclic) bond motifs is 2. The number of hydrogen-bond donors (Lipinski definition) is 1. The van der Waals surface area contributed by atoms with E-state index in [4.69, 9.17) is 10.7 Å². The Morgan fingerprint density at radius 3 is 2.58 bits per heavy atom. The van der Waals surface area contributed by atoms with E-state index in [1.54, 1.807) is 0 Å². The van der Waals surface area contributed by atoms with E-state index in [2.05, 4.69) is 50.2 Å². The predicted octanol–water partition coefficient (Wildman–Crippen LogP) is 3.59. The van der Waals surface area contributed by atoms with Crippen molar-refractivity contribution in [2.45, 2.75) is 26.3 Å². The summed E-state index contributed by atoms with van der Waals surface area (Å²) in [4.78, 5) is 4.75. The second kappa shape index (κ2) is 4.63. The molecule has 0 bridgehead atoms. The van der Waals surface area contributed by atoms with Crippen molar-refractivity contribution in [2.24, 2.45) is 5.73 Å². The van der Waals surface area contributed by atoms with Gasteiger partial charge in [-0.15, -0.1) is 0 Å². The molecule has 0 radical (unpaired) electrons. The Bertz CT molecular complexity index is 745. The molecule has 1 aromatic heterocycles. The van der Waals surface area contributed by atoms with Gasteiger partial charge < -0.3 is 5.73 Å². The van der Waals surface area contributed by atoms with Crippen LogP contribution < -0.4 is 5.73 Å². The van der Waals surface area contributed by atoms with Crippen LogP contribution in [0.3, 0.4) is 0 Å². The highest BCUT2D eigenvalue weighted by Gasteiger charge is 2.10. The van der Waals surface area contributed by atoms with E-state index >= 15 is 0 Å². The number of nitrogens with two attached hydrogens (primary N) is 1. The van der Waals surface area contributed by atoms with Crippen LogP contribution in [0.15, 0.2) is 42.5 Å². The van der Waals surface area contributed by atoms with Crippen molar-refractivity contribution >= 4 is 21.8 Å². The summed E-state index contributed by atoms with van der Waals surface area (Å²) in [6.45, 7) is 4.17. The SMILES string of the molecule is Cc1ccc2nc3ccccc3c(CC(C)N)c2c1. The first-order valence-corrected chi connectivity index (χ1v) is 6.69. The Morgan fingerprint density at radius 1 is 1.05 bits per heavy atom. The fraction of sp³-hybridized carbons (Fsp3) is 0.235. The quantitative estimate of drug-likeness (QED) is 0.706. The molecule has 1 unspecified atom stereocenters. The highest BCUT2D eigenvalue weighted by molar-refractivity contribution is 5.97. The van der Waals surface area contributed by atoms with Crippen molar-refractivity contribution in [1.29, 1.82) is 0 Å². The third-order valence-corrected chi connectivity index (χ3v) is 3.47. The summed E-state index contributed by atoms with van der Waals surface area (Å²) in [6, 6.07) is 14.9. The molecular formula is C17H18N2. The van der Waals surface area contributed by atoms with Crippen LogP contribution in [-0.2, 0) is 6.42 Å². The van der Waals surface area contributed by atoms with Crippen LogP contribution in [0, 0.1) is 6.92 Å². The summed E-state index contributed by atoms with van der Waals surface area (Å²) in [5, 5.41) is 2.45. The average molecular weight is 250 g/mol. The zero-order valence-electron chi connectivity index (χ0n) is 11.4. The van der Waals surface area contributed by atoms with E-state index in [-0.39, 0.29) is 6.04 Å². The molecule has 0 aliphatic carbocycles. The molecule has 96 valence electrons. The molecule has 0 saturated heterocycles. The van der Waals surface area contributed by atoms with Crippen LogP contribution in [0.2, 0.25) is 0 Å². The Kier molecular flexibility index (Phi) is 2.96.